The van der Waals surface area contributed by atoms with Gasteiger partial charge in [0.2, 0.25) is 5.91 Å². The first-order valence-electron chi connectivity index (χ1n) is 4.26. The van der Waals surface area contributed by atoms with E-state index in [4.69, 9.17) is 0 Å². The molecule has 0 aliphatic carbocycles. The number of nitrogens with one attached hydrogen (secondary N) is 3. The van der Waals surface area contributed by atoms with E-state index in [0.717, 1.165) is 0 Å². The topological polar surface area (TPSA) is 70.2 Å². The average Bonchev–Trinajstić information content (AvgIpc) is 2.00. The molecule has 1 atom stereocenters. The average molecular weight is 187 g/mol. The minimum atomic E-state index is -0.392. The smallest absolute Gasteiger partial charge is 0.333 e. The van der Waals surface area contributed by atoms with Crippen LogP contribution in [0.25, 0.3) is 0 Å². The number of urea groups is 1. The maximum Gasteiger partial charge on any atom is 0.333 e. The molecule has 0 aromatic heterocycles. The molecule has 0 aliphatic heterocycles. The van der Waals surface area contributed by atoms with E-state index >= 15 is 0 Å². The first-order valence-corrected chi connectivity index (χ1v) is 4.26. The van der Waals surface area contributed by atoms with Crippen molar-refractivity contribution in [2.45, 2.75) is 33.7 Å². The van der Waals surface area contributed by atoms with Gasteiger partial charge in [-0.05, 0) is 12.8 Å². The van der Waals surface area contributed by atoms with Gasteiger partial charge in [0.15, 0.2) is 0 Å². The molecule has 0 rings (SSSR count). The minimum Gasteiger partial charge on any atom is -0.334 e. The second-order valence-electron chi connectivity index (χ2n) is 3.31. The van der Waals surface area contributed by atoms with Crippen LogP contribution in [-0.2, 0) is 4.79 Å². The van der Waals surface area contributed by atoms with Crippen LogP contribution in [0.3, 0.4) is 0 Å². The van der Waals surface area contributed by atoms with Crippen LogP contribution >= 0.6 is 0 Å². The molecule has 0 bridgehead atoms. The molecule has 13 heavy (non-hydrogen) atoms. The Balaban J connectivity index is 3.68. The van der Waals surface area contributed by atoms with Gasteiger partial charge < -0.3 is 5.32 Å². The SMILES string of the molecule is CC(=O)NNC(=O)NC(C)C(C)C. The van der Waals surface area contributed by atoms with Crippen molar-refractivity contribution >= 4 is 11.9 Å². The van der Waals surface area contributed by atoms with Crippen molar-refractivity contribution in [1.29, 1.82) is 0 Å². The van der Waals surface area contributed by atoms with Crippen LogP contribution in [0.1, 0.15) is 27.7 Å². The van der Waals surface area contributed by atoms with Crippen LogP contribution in [0.5, 0.6) is 0 Å². The molecule has 1 unspecified atom stereocenters. The largest absolute Gasteiger partial charge is 0.334 e. The molecule has 5 heteroatoms. The second-order valence-corrected chi connectivity index (χ2v) is 3.31. The fraction of sp³-hybridized carbons (Fsp3) is 0.750. The Bertz CT molecular complexity index is 192. The van der Waals surface area contributed by atoms with Gasteiger partial charge >= 0.3 is 6.03 Å². The molecule has 0 aromatic carbocycles. The molecule has 76 valence electrons. The van der Waals surface area contributed by atoms with Gasteiger partial charge in [-0.25, -0.2) is 10.2 Å². The molecule has 0 aliphatic rings. The van der Waals surface area contributed by atoms with E-state index < -0.39 is 6.03 Å². The zero-order chi connectivity index (χ0) is 10.4. The number of hydrazine groups is 1. The number of amides is 3. The van der Waals surface area contributed by atoms with Gasteiger partial charge in [0.25, 0.3) is 0 Å². The van der Waals surface area contributed by atoms with Gasteiger partial charge in [0, 0.05) is 13.0 Å². The highest BCUT2D eigenvalue weighted by Crippen LogP contribution is 1.98. The zero-order valence-corrected chi connectivity index (χ0v) is 8.47. The standard InChI is InChI=1S/C8H17N3O2/c1-5(2)6(3)9-8(13)11-10-7(4)12/h5-6H,1-4H3,(H,10,12)(H2,9,11,13). The Morgan fingerprint density at radius 2 is 1.62 bits per heavy atom. The van der Waals surface area contributed by atoms with E-state index in [2.05, 4.69) is 16.2 Å². The van der Waals surface area contributed by atoms with Gasteiger partial charge in [-0.15, -0.1) is 0 Å². The van der Waals surface area contributed by atoms with Crippen LogP contribution in [0.4, 0.5) is 4.79 Å². The molecule has 0 spiro atoms. The van der Waals surface area contributed by atoms with Crippen LogP contribution < -0.4 is 16.2 Å². The van der Waals surface area contributed by atoms with Gasteiger partial charge in [0.1, 0.15) is 0 Å². The Hall–Kier alpha value is -1.26. The van der Waals surface area contributed by atoms with E-state index in [1.165, 1.54) is 6.92 Å². The molecule has 0 radical (unpaired) electrons. The fourth-order valence-electron chi connectivity index (χ4n) is 0.554. The summed E-state index contributed by atoms with van der Waals surface area (Å²) in [5.41, 5.74) is 4.41. The third-order valence-electron chi connectivity index (χ3n) is 1.71. The number of carbonyl (C=O) groups excluding carboxylic acids is 2. The molecule has 0 heterocycles. The predicted octanol–water partition coefficient (Wildman–Crippen LogP) is 0.381. The highest BCUT2D eigenvalue weighted by Gasteiger charge is 2.09. The highest BCUT2D eigenvalue weighted by atomic mass is 16.2. The summed E-state index contributed by atoms with van der Waals surface area (Å²) in [6, 6.07) is -0.315. The summed E-state index contributed by atoms with van der Waals surface area (Å²) in [5, 5.41) is 2.67. The molecular weight excluding hydrogens is 170 g/mol. The van der Waals surface area contributed by atoms with Crippen LogP contribution in [0.2, 0.25) is 0 Å². The summed E-state index contributed by atoms with van der Waals surface area (Å²) in [7, 11) is 0. The molecule has 3 N–H and O–H groups in total. The third kappa shape index (κ3) is 5.95. The second kappa shape index (κ2) is 5.40. The lowest BCUT2D eigenvalue weighted by atomic mass is 10.1. The lowest BCUT2D eigenvalue weighted by Crippen LogP contribution is -2.49. The molecule has 0 fully saturated rings. The Morgan fingerprint density at radius 1 is 1.08 bits per heavy atom. The number of hydrogen-bond acceptors (Lipinski definition) is 2. The zero-order valence-electron chi connectivity index (χ0n) is 8.47. The highest BCUT2D eigenvalue weighted by molar-refractivity contribution is 5.79. The maximum atomic E-state index is 11.0. The Morgan fingerprint density at radius 3 is 2.00 bits per heavy atom. The lowest BCUT2D eigenvalue weighted by molar-refractivity contribution is -0.119. The van der Waals surface area contributed by atoms with E-state index in [-0.39, 0.29) is 11.9 Å². The molecule has 0 saturated carbocycles. The summed E-state index contributed by atoms with van der Waals surface area (Å²) < 4.78 is 0. The van der Waals surface area contributed by atoms with Crippen molar-refractivity contribution in [3.8, 4) is 0 Å². The fourth-order valence-corrected chi connectivity index (χ4v) is 0.554. The van der Waals surface area contributed by atoms with Crippen LogP contribution in [0, 0.1) is 5.92 Å². The number of hydrogen-bond donors (Lipinski definition) is 3. The van der Waals surface area contributed by atoms with Crippen LogP contribution in [0.15, 0.2) is 0 Å². The van der Waals surface area contributed by atoms with Crippen molar-refractivity contribution < 1.29 is 9.59 Å². The Kier molecular flexibility index (Phi) is 4.87. The summed E-state index contributed by atoms with van der Waals surface area (Å²) in [4.78, 5) is 21.4. The van der Waals surface area contributed by atoms with Crippen molar-refractivity contribution in [1.82, 2.24) is 16.2 Å². The number of rotatable bonds is 2. The van der Waals surface area contributed by atoms with Gasteiger partial charge in [-0.2, -0.15) is 0 Å². The van der Waals surface area contributed by atoms with E-state index in [1.54, 1.807) is 0 Å². The lowest BCUT2D eigenvalue weighted by Gasteiger charge is -2.17. The van der Waals surface area contributed by atoms with Gasteiger partial charge in [-0.3, -0.25) is 10.2 Å². The first-order chi connectivity index (χ1) is 5.93. The normalized spacial score (nSPS) is 12.1. The summed E-state index contributed by atoms with van der Waals surface area (Å²) >= 11 is 0. The molecule has 0 aromatic rings. The molecule has 0 saturated heterocycles. The quantitative estimate of drug-likeness (QED) is 0.547. The third-order valence-corrected chi connectivity index (χ3v) is 1.71. The van der Waals surface area contributed by atoms with E-state index in [9.17, 15) is 9.59 Å². The first kappa shape index (κ1) is 11.7. The monoisotopic (exact) mass is 187 g/mol. The summed E-state index contributed by atoms with van der Waals surface area (Å²) in [6.45, 7) is 7.23. The van der Waals surface area contributed by atoms with E-state index in [1.807, 2.05) is 20.8 Å². The summed E-state index contributed by atoms with van der Waals surface area (Å²) in [5.74, 6) is 0.0652. The maximum absolute atomic E-state index is 11.0. The number of carbonyl (C=O) groups is 2. The molecular formula is C8H17N3O2. The Labute approximate surface area is 78.2 Å². The van der Waals surface area contributed by atoms with Crippen molar-refractivity contribution in [2.24, 2.45) is 5.92 Å². The summed E-state index contributed by atoms with van der Waals surface area (Å²) in [6.07, 6.45) is 0. The molecule has 5 nitrogen and oxygen atoms in total. The van der Waals surface area contributed by atoms with Crippen molar-refractivity contribution in [2.75, 3.05) is 0 Å². The van der Waals surface area contributed by atoms with Crippen LogP contribution in [-0.4, -0.2) is 18.0 Å². The van der Waals surface area contributed by atoms with Crippen molar-refractivity contribution in [3.05, 3.63) is 0 Å². The minimum absolute atomic E-state index is 0.0776. The van der Waals surface area contributed by atoms with E-state index in [0.29, 0.717) is 5.92 Å². The van der Waals surface area contributed by atoms with Gasteiger partial charge in [-0.1, -0.05) is 13.8 Å². The predicted molar refractivity (Wildman–Crippen MR) is 49.8 cm³/mol. The van der Waals surface area contributed by atoms with Gasteiger partial charge in [0.05, 0.1) is 0 Å². The molecule has 3 amide bonds. The van der Waals surface area contributed by atoms with Crippen molar-refractivity contribution in [3.63, 3.8) is 0 Å².